The maximum Gasteiger partial charge on any atom is 0.0850 e. The molecule has 2 N–H and O–H groups in total. The minimum Gasteiger partial charge on any atom is -0.354 e. The first kappa shape index (κ1) is 19.6. The van der Waals surface area contributed by atoms with Crippen LogP contribution in [-0.4, -0.2) is 61.3 Å². The van der Waals surface area contributed by atoms with Crippen LogP contribution < -0.4 is 10.7 Å². The van der Waals surface area contributed by atoms with Crippen LogP contribution >= 0.6 is 11.6 Å². The average Bonchev–Trinajstić information content (AvgIpc) is 2.65. The number of hydrogen-bond donors (Lipinski definition) is 2. The Hall–Kier alpha value is -2.15. The molecule has 1 aromatic heterocycles. The monoisotopic (exact) mass is 386 g/mol. The smallest absolute Gasteiger partial charge is 0.0850 e. The maximum atomic E-state index is 6.61. The van der Waals surface area contributed by atoms with E-state index in [2.05, 4.69) is 56.7 Å². The molecule has 7 heteroatoms. The molecule has 2 heterocycles. The van der Waals surface area contributed by atoms with Gasteiger partial charge in [0.25, 0.3) is 0 Å². The zero-order chi connectivity index (χ0) is 19.2. The van der Waals surface area contributed by atoms with Gasteiger partial charge in [0.15, 0.2) is 0 Å². The van der Waals surface area contributed by atoms with E-state index in [0.29, 0.717) is 0 Å². The minimum atomic E-state index is 0.737. The summed E-state index contributed by atoms with van der Waals surface area (Å²) in [5, 5.41) is 8.16. The lowest BCUT2D eigenvalue weighted by Gasteiger charge is -2.32. The van der Waals surface area contributed by atoms with Gasteiger partial charge in [0.05, 0.1) is 22.6 Å². The molecule has 1 aliphatic heterocycles. The van der Waals surface area contributed by atoms with Gasteiger partial charge in [-0.3, -0.25) is 9.88 Å². The van der Waals surface area contributed by atoms with Gasteiger partial charge >= 0.3 is 0 Å². The van der Waals surface area contributed by atoms with Crippen LogP contribution in [-0.2, 0) is 6.54 Å². The number of hydrazone groups is 1. The van der Waals surface area contributed by atoms with Crippen LogP contribution in [0.25, 0.3) is 0 Å². The first-order chi connectivity index (χ1) is 13.0. The Morgan fingerprint density at radius 3 is 2.70 bits per heavy atom. The van der Waals surface area contributed by atoms with Crippen LogP contribution in [0.3, 0.4) is 0 Å². The summed E-state index contributed by atoms with van der Waals surface area (Å²) in [5.41, 5.74) is 7.75. The van der Waals surface area contributed by atoms with Crippen LogP contribution in [0.2, 0.25) is 5.02 Å². The molecule has 0 spiro atoms. The van der Waals surface area contributed by atoms with E-state index in [-0.39, 0.29) is 0 Å². The van der Waals surface area contributed by atoms with Crippen molar-refractivity contribution in [2.75, 3.05) is 45.6 Å². The number of piperazine rings is 1. The Labute approximate surface area is 166 Å². The van der Waals surface area contributed by atoms with Crippen LogP contribution in [0.1, 0.15) is 16.8 Å². The highest BCUT2D eigenvalue weighted by Crippen LogP contribution is 2.31. The maximum absolute atomic E-state index is 6.61. The summed E-state index contributed by atoms with van der Waals surface area (Å²) in [6.45, 7) is 7.46. The molecule has 0 aliphatic carbocycles. The predicted octanol–water partition coefficient (Wildman–Crippen LogP) is 3.09. The Kier molecular flexibility index (Phi) is 6.66. The summed E-state index contributed by atoms with van der Waals surface area (Å²) in [5.74, 6) is 0. The number of likely N-dealkylation sites (N-methyl/N-ethyl adjacent to an activating group) is 1. The molecular weight excluding hydrogens is 360 g/mol. The largest absolute Gasteiger partial charge is 0.354 e. The SMILES string of the molecule is CN/N=C/c1cc(Nc2c(C)cc(CN3CCN(C)CC3)cc2Cl)ccn1. The summed E-state index contributed by atoms with van der Waals surface area (Å²) < 4.78 is 0. The van der Waals surface area contributed by atoms with Gasteiger partial charge in [-0.15, -0.1) is 0 Å². The summed E-state index contributed by atoms with van der Waals surface area (Å²) in [7, 11) is 3.93. The summed E-state index contributed by atoms with van der Waals surface area (Å²) in [6.07, 6.45) is 3.43. The van der Waals surface area contributed by atoms with E-state index in [4.69, 9.17) is 11.6 Å². The zero-order valence-electron chi connectivity index (χ0n) is 16.2. The van der Waals surface area contributed by atoms with Gasteiger partial charge in [-0.2, -0.15) is 5.10 Å². The number of anilines is 2. The molecule has 0 radical (unpaired) electrons. The summed E-state index contributed by atoms with van der Waals surface area (Å²) in [4.78, 5) is 9.12. The Bertz CT molecular complexity index is 776. The second kappa shape index (κ2) is 9.17. The fourth-order valence-electron chi connectivity index (χ4n) is 3.20. The highest BCUT2D eigenvalue weighted by molar-refractivity contribution is 6.33. The van der Waals surface area contributed by atoms with Crippen molar-refractivity contribution in [3.8, 4) is 0 Å². The van der Waals surface area contributed by atoms with E-state index in [1.54, 1.807) is 19.5 Å². The average molecular weight is 387 g/mol. The van der Waals surface area contributed by atoms with E-state index in [0.717, 1.165) is 60.4 Å². The Balaban J connectivity index is 1.72. The van der Waals surface area contributed by atoms with Crippen molar-refractivity contribution in [3.05, 3.63) is 52.3 Å². The van der Waals surface area contributed by atoms with E-state index < -0.39 is 0 Å². The standard InChI is InChI=1S/C20H27ClN6/c1-15-10-16(14-27-8-6-26(3)7-9-27)11-19(21)20(15)25-17-4-5-23-18(12-17)13-24-22-2/h4-5,10-13,22H,6-9,14H2,1-3H3,(H,23,25)/b24-13+. The van der Waals surface area contributed by atoms with Gasteiger partial charge in [-0.05, 0) is 43.3 Å². The van der Waals surface area contributed by atoms with E-state index >= 15 is 0 Å². The molecule has 144 valence electrons. The number of halogens is 1. The summed E-state index contributed by atoms with van der Waals surface area (Å²) >= 11 is 6.61. The van der Waals surface area contributed by atoms with Crippen molar-refractivity contribution in [2.24, 2.45) is 5.10 Å². The first-order valence-corrected chi connectivity index (χ1v) is 9.56. The number of nitrogens with zero attached hydrogens (tertiary/aromatic N) is 4. The molecular formula is C20H27ClN6. The second-order valence-corrected chi connectivity index (χ2v) is 7.33. The Morgan fingerprint density at radius 2 is 2.00 bits per heavy atom. The third-order valence-corrected chi connectivity index (χ3v) is 5.02. The number of aromatic nitrogens is 1. The van der Waals surface area contributed by atoms with Gasteiger partial charge in [0.2, 0.25) is 0 Å². The van der Waals surface area contributed by atoms with Crippen LogP contribution in [0.5, 0.6) is 0 Å². The molecule has 0 saturated carbocycles. The molecule has 0 unspecified atom stereocenters. The lowest BCUT2D eigenvalue weighted by molar-refractivity contribution is 0.148. The Morgan fingerprint density at radius 1 is 1.22 bits per heavy atom. The highest BCUT2D eigenvalue weighted by atomic mass is 35.5. The topological polar surface area (TPSA) is 55.8 Å². The number of hydrogen-bond acceptors (Lipinski definition) is 6. The molecule has 1 aliphatic rings. The second-order valence-electron chi connectivity index (χ2n) is 6.93. The van der Waals surface area contributed by atoms with Crippen molar-refractivity contribution in [2.45, 2.75) is 13.5 Å². The number of aryl methyl sites for hydroxylation is 1. The number of benzene rings is 1. The van der Waals surface area contributed by atoms with Crippen LogP contribution in [0, 0.1) is 6.92 Å². The number of pyridine rings is 1. The van der Waals surface area contributed by atoms with Gasteiger partial charge in [0.1, 0.15) is 0 Å². The highest BCUT2D eigenvalue weighted by Gasteiger charge is 2.15. The van der Waals surface area contributed by atoms with E-state index in [9.17, 15) is 0 Å². The van der Waals surface area contributed by atoms with Gasteiger partial charge in [-0.25, -0.2) is 0 Å². The molecule has 0 amide bonds. The minimum absolute atomic E-state index is 0.737. The van der Waals surface area contributed by atoms with E-state index in [1.165, 1.54) is 5.56 Å². The normalized spacial score (nSPS) is 16.0. The van der Waals surface area contributed by atoms with Crippen molar-refractivity contribution in [1.29, 1.82) is 0 Å². The molecule has 3 rings (SSSR count). The van der Waals surface area contributed by atoms with Crippen molar-refractivity contribution in [3.63, 3.8) is 0 Å². The predicted molar refractivity (Wildman–Crippen MR) is 113 cm³/mol. The van der Waals surface area contributed by atoms with Crippen LogP contribution in [0.4, 0.5) is 11.4 Å². The quantitative estimate of drug-likeness (QED) is 0.590. The molecule has 1 saturated heterocycles. The molecule has 2 aromatic rings. The van der Waals surface area contributed by atoms with Crippen molar-refractivity contribution < 1.29 is 0 Å². The van der Waals surface area contributed by atoms with Gasteiger partial charge < -0.3 is 15.6 Å². The molecule has 6 nitrogen and oxygen atoms in total. The van der Waals surface area contributed by atoms with Crippen LogP contribution in [0.15, 0.2) is 35.6 Å². The molecule has 27 heavy (non-hydrogen) atoms. The fraction of sp³-hybridized carbons (Fsp3) is 0.400. The van der Waals surface area contributed by atoms with Crippen molar-refractivity contribution >= 4 is 29.2 Å². The van der Waals surface area contributed by atoms with Gasteiger partial charge in [-0.1, -0.05) is 17.7 Å². The lowest BCUT2D eigenvalue weighted by Crippen LogP contribution is -2.43. The van der Waals surface area contributed by atoms with E-state index in [1.807, 2.05) is 12.1 Å². The molecule has 0 atom stereocenters. The summed E-state index contributed by atoms with van der Waals surface area (Å²) in [6, 6.07) is 8.15. The molecule has 0 bridgehead atoms. The fourth-order valence-corrected chi connectivity index (χ4v) is 3.54. The third kappa shape index (κ3) is 5.42. The number of rotatable bonds is 6. The first-order valence-electron chi connectivity index (χ1n) is 9.18. The molecule has 1 aromatic carbocycles. The number of nitrogens with one attached hydrogen (secondary N) is 2. The lowest BCUT2D eigenvalue weighted by atomic mass is 10.1. The van der Waals surface area contributed by atoms with Gasteiger partial charge in [0, 0.05) is 51.7 Å². The third-order valence-electron chi connectivity index (χ3n) is 4.73. The van der Waals surface area contributed by atoms with Crippen molar-refractivity contribution in [1.82, 2.24) is 20.2 Å². The molecule has 1 fully saturated rings. The zero-order valence-corrected chi connectivity index (χ0v) is 16.9.